The highest BCUT2D eigenvalue weighted by Crippen LogP contribution is 2.49. The van der Waals surface area contributed by atoms with Crippen molar-refractivity contribution < 1.29 is 17.9 Å². The first-order valence-corrected chi connectivity index (χ1v) is 12.0. The number of ether oxygens (including phenoxy) is 1. The van der Waals surface area contributed by atoms with Crippen molar-refractivity contribution in [3.8, 4) is 27.3 Å². The minimum absolute atomic E-state index is 0.0294. The second kappa shape index (κ2) is 7.71. The van der Waals surface area contributed by atoms with Gasteiger partial charge in [0.15, 0.2) is 5.13 Å². The number of fused-ring (bicyclic) bond motifs is 3. The van der Waals surface area contributed by atoms with E-state index in [4.69, 9.17) is 9.72 Å². The summed E-state index contributed by atoms with van der Waals surface area (Å²) >= 11 is 1.43. The number of hydrogen-bond acceptors (Lipinski definition) is 6. The fourth-order valence-electron chi connectivity index (χ4n) is 5.39. The van der Waals surface area contributed by atoms with Crippen molar-refractivity contribution in [2.75, 3.05) is 11.9 Å². The van der Waals surface area contributed by atoms with Crippen LogP contribution in [0.25, 0.3) is 21.6 Å². The van der Waals surface area contributed by atoms with E-state index in [1.807, 2.05) is 7.05 Å². The van der Waals surface area contributed by atoms with Gasteiger partial charge in [-0.25, -0.2) is 4.98 Å². The third-order valence-corrected chi connectivity index (χ3v) is 7.77. The molecule has 2 aliphatic heterocycles. The molecule has 2 N–H and O–H groups in total. The predicted molar refractivity (Wildman–Crippen MR) is 127 cm³/mol. The molecule has 34 heavy (non-hydrogen) atoms. The summed E-state index contributed by atoms with van der Waals surface area (Å²) in [4.78, 5) is 7.70. The number of alkyl halides is 3. The Hall–Kier alpha value is -2.59. The van der Waals surface area contributed by atoms with Gasteiger partial charge in [-0.05, 0) is 52.7 Å². The van der Waals surface area contributed by atoms with E-state index in [-0.39, 0.29) is 29.3 Å². The molecular formula is C24H28F3N5OS. The summed E-state index contributed by atoms with van der Waals surface area (Å²) in [6.45, 7) is 9.01. The molecule has 0 amide bonds. The van der Waals surface area contributed by atoms with Crippen LogP contribution in [0, 0.1) is 0 Å². The lowest BCUT2D eigenvalue weighted by atomic mass is 9.79. The minimum Gasteiger partial charge on any atom is -0.487 e. The molecule has 4 heterocycles. The van der Waals surface area contributed by atoms with Gasteiger partial charge in [-0.2, -0.15) is 18.3 Å². The summed E-state index contributed by atoms with van der Waals surface area (Å²) < 4.78 is 47.9. The fraction of sp³-hybridized carbons (Fsp3) is 0.500. The van der Waals surface area contributed by atoms with Gasteiger partial charge >= 0.3 is 6.18 Å². The molecule has 2 aliphatic rings. The SMILES string of the molecule is CN(c1nc2c(s1)-c1cc(C(F)(F)F)c(-c3cn[nH]c3)cc1OC2)C1CC(C)(C)NC(C)(C)C1. The van der Waals surface area contributed by atoms with Crippen molar-refractivity contribution in [1.82, 2.24) is 20.5 Å². The van der Waals surface area contributed by atoms with Gasteiger partial charge in [0.1, 0.15) is 12.4 Å². The van der Waals surface area contributed by atoms with Gasteiger partial charge in [-0.15, -0.1) is 0 Å². The summed E-state index contributed by atoms with van der Waals surface area (Å²) in [6.07, 6.45) is 0.197. The third-order valence-electron chi connectivity index (χ3n) is 6.55. The number of nitrogens with zero attached hydrogens (tertiary/aromatic N) is 3. The molecule has 0 bridgehead atoms. The van der Waals surface area contributed by atoms with E-state index in [0.29, 0.717) is 22.6 Å². The molecule has 0 saturated carbocycles. The average molecular weight is 492 g/mol. The Kier molecular flexibility index (Phi) is 5.25. The summed E-state index contributed by atoms with van der Waals surface area (Å²) in [5.74, 6) is 0.429. The van der Waals surface area contributed by atoms with Crippen LogP contribution < -0.4 is 15.0 Å². The van der Waals surface area contributed by atoms with Crippen molar-refractivity contribution in [3.05, 3.63) is 35.8 Å². The van der Waals surface area contributed by atoms with Crippen molar-refractivity contribution in [2.24, 2.45) is 0 Å². The van der Waals surface area contributed by atoms with Crippen molar-refractivity contribution in [1.29, 1.82) is 0 Å². The van der Waals surface area contributed by atoms with Gasteiger partial charge in [-0.1, -0.05) is 11.3 Å². The summed E-state index contributed by atoms with van der Waals surface area (Å²) in [5, 5.41) is 10.9. The molecule has 1 fully saturated rings. The molecule has 1 aromatic carbocycles. The van der Waals surface area contributed by atoms with Gasteiger partial charge in [0.2, 0.25) is 0 Å². The van der Waals surface area contributed by atoms with Crippen molar-refractivity contribution >= 4 is 16.5 Å². The topological polar surface area (TPSA) is 66.1 Å². The third kappa shape index (κ3) is 4.17. The van der Waals surface area contributed by atoms with Gasteiger partial charge < -0.3 is 15.0 Å². The predicted octanol–water partition coefficient (Wildman–Crippen LogP) is 5.86. The number of benzene rings is 1. The first-order valence-electron chi connectivity index (χ1n) is 11.2. The molecule has 10 heteroatoms. The number of rotatable bonds is 3. The number of piperidine rings is 1. The maximum atomic E-state index is 14.0. The highest BCUT2D eigenvalue weighted by molar-refractivity contribution is 7.19. The molecule has 6 nitrogen and oxygen atoms in total. The number of H-pyrrole nitrogens is 1. The van der Waals surface area contributed by atoms with Crippen LogP contribution in [0.5, 0.6) is 5.75 Å². The standard InChI is InChI=1S/C24H28F3N5OS/c1-22(2)8-14(9-23(3,4)31-22)32(5)21-30-18-12-33-19-7-15(13-10-28-29-11-13)17(24(25,26)27)6-16(19)20(18)34-21/h6-7,10-11,14,31H,8-9,12H2,1-5H3,(H,28,29). The van der Waals surface area contributed by atoms with Crippen LogP contribution in [0.1, 0.15) is 51.8 Å². The Morgan fingerprint density at radius 1 is 1.12 bits per heavy atom. The van der Waals surface area contributed by atoms with E-state index < -0.39 is 11.7 Å². The maximum absolute atomic E-state index is 14.0. The zero-order valence-corrected chi connectivity index (χ0v) is 20.6. The molecule has 0 atom stereocenters. The first kappa shape index (κ1) is 23.2. The Labute approximate surface area is 200 Å². The van der Waals surface area contributed by atoms with Gasteiger partial charge in [0, 0.05) is 47.1 Å². The van der Waals surface area contributed by atoms with Crippen LogP contribution in [-0.2, 0) is 12.8 Å². The summed E-state index contributed by atoms with van der Waals surface area (Å²) in [6, 6.07) is 2.91. The number of aromatic nitrogens is 3. The molecule has 0 aliphatic carbocycles. The summed E-state index contributed by atoms with van der Waals surface area (Å²) in [7, 11) is 2.03. The molecule has 2 aromatic heterocycles. The minimum atomic E-state index is -4.52. The van der Waals surface area contributed by atoms with Crippen LogP contribution in [0.2, 0.25) is 0 Å². The highest BCUT2D eigenvalue weighted by atomic mass is 32.1. The normalized spacial score (nSPS) is 19.3. The van der Waals surface area contributed by atoms with Crippen LogP contribution in [-0.4, -0.2) is 39.3 Å². The van der Waals surface area contributed by atoms with E-state index in [1.54, 1.807) is 0 Å². The molecule has 0 unspecified atom stereocenters. The van der Waals surface area contributed by atoms with E-state index in [9.17, 15) is 13.2 Å². The largest absolute Gasteiger partial charge is 0.487 e. The molecule has 0 spiro atoms. The highest BCUT2D eigenvalue weighted by Gasteiger charge is 2.41. The maximum Gasteiger partial charge on any atom is 0.417 e. The first-order chi connectivity index (χ1) is 15.8. The van der Waals surface area contributed by atoms with Crippen molar-refractivity contribution in [3.63, 3.8) is 0 Å². The van der Waals surface area contributed by atoms with Gasteiger partial charge in [-0.3, -0.25) is 5.10 Å². The molecule has 5 rings (SSSR count). The van der Waals surface area contributed by atoms with E-state index in [0.717, 1.165) is 22.9 Å². The smallest absolute Gasteiger partial charge is 0.417 e. The zero-order valence-electron chi connectivity index (χ0n) is 19.8. The van der Waals surface area contributed by atoms with Crippen LogP contribution in [0.4, 0.5) is 18.3 Å². The van der Waals surface area contributed by atoms with E-state index in [1.165, 1.54) is 35.9 Å². The lowest BCUT2D eigenvalue weighted by Gasteiger charge is -2.48. The second-order valence-electron chi connectivity index (χ2n) is 10.5. The van der Waals surface area contributed by atoms with Gasteiger partial charge in [0.25, 0.3) is 0 Å². The van der Waals surface area contributed by atoms with Crippen molar-refractivity contribution in [2.45, 2.75) is 70.4 Å². The number of aromatic amines is 1. The van der Waals surface area contributed by atoms with E-state index >= 15 is 0 Å². The van der Waals surface area contributed by atoms with Crippen LogP contribution in [0.15, 0.2) is 24.5 Å². The number of hydrogen-bond donors (Lipinski definition) is 2. The molecule has 1 saturated heterocycles. The van der Waals surface area contributed by atoms with Gasteiger partial charge in [0.05, 0.1) is 22.3 Å². The quantitative estimate of drug-likeness (QED) is 0.481. The zero-order chi connectivity index (χ0) is 24.5. The Balaban J connectivity index is 1.54. The fourth-order valence-corrected chi connectivity index (χ4v) is 6.51. The molecule has 182 valence electrons. The lowest BCUT2D eigenvalue weighted by molar-refractivity contribution is -0.137. The lowest BCUT2D eigenvalue weighted by Crippen LogP contribution is -2.61. The van der Waals surface area contributed by atoms with E-state index in [2.05, 4.69) is 48.1 Å². The number of thiazole rings is 1. The average Bonchev–Trinajstić information content (AvgIpc) is 3.39. The number of halogens is 3. The monoisotopic (exact) mass is 491 g/mol. The summed E-state index contributed by atoms with van der Waals surface area (Å²) in [5.41, 5.74) is 0.750. The molecular weight excluding hydrogens is 463 g/mol. The Morgan fingerprint density at radius 2 is 1.82 bits per heavy atom. The molecule has 0 radical (unpaired) electrons. The number of nitrogens with one attached hydrogen (secondary N) is 2. The second-order valence-corrected chi connectivity index (χ2v) is 11.5. The Bertz CT molecular complexity index is 1200. The van der Waals surface area contributed by atoms with Crippen LogP contribution in [0.3, 0.4) is 0 Å². The Morgan fingerprint density at radius 3 is 2.44 bits per heavy atom. The molecule has 3 aromatic rings. The number of anilines is 1. The van der Waals surface area contributed by atoms with Crippen LogP contribution >= 0.6 is 11.3 Å².